The van der Waals surface area contributed by atoms with Crippen LogP contribution < -0.4 is 21.3 Å². The van der Waals surface area contributed by atoms with E-state index in [4.69, 9.17) is 0 Å². The summed E-state index contributed by atoms with van der Waals surface area (Å²) >= 11 is 0. The van der Waals surface area contributed by atoms with Crippen molar-refractivity contribution in [2.45, 2.75) is 13.8 Å². The summed E-state index contributed by atoms with van der Waals surface area (Å²) in [7, 11) is 0. The average Bonchev–Trinajstić information content (AvgIpc) is 2.22. The van der Waals surface area contributed by atoms with Crippen molar-refractivity contribution in [3.63, 3.8) is 0 Å². The fourth-order valence-electron chi connectivity index (χ4n) is 1.21. The first-order chi connectivity index (χ1) is 7.00. The molecule has 4 N–H and O–H groups in total. The number of hydrogen-bond acceptors (Lipinski definition) is 4. The van der Waals surface area contributed by atoms with Crippen molar-refractivity contribution in [2.75, 3.05) is 52.4 Å². The first-order valence-corrected chi connectivity index (χ1v) is 5.83. The molecule has 0 saturated carbocycles. The standard InChI is InChI=1S/C8H20N4.C2H6/c1-2-10-5-6-12-8-7-11-4-3-9-1;1-2/h9-12H,1-8H2;1-2H3. The molecule has 1 heterocycles. The molecule has 14 heavy (non-hydrogen) atoms. The highest BCUT2D eigenvalue weighted by atomic mass is 15.0. The Labute approximate surface area is 88.2 Å². The van der Waals surface area contributed by atoms with Gasteiger partial charge in [0.15, 0.2) is 0 Å². The van der Waals surface area contributed by atoms with Crippen LogP contribution in [0.15, 0.2) is 0 Å². The monoisotopic (exact) mass is 202 g/mol. The molecule has 1 aliphatic rings. The Morgan fingerprint density at radius 2 is 0.571 bits per heavy atom. The molecular weight excluding hydrogens is 176 g/mol. The minimum atomic E-state index is 1.07. The van der Waals surface area contributed by atoms with Gasteiger partial charge in [-0.25, -0.2) is 0 Å². The van der Waals surface area contributed by atoms with Crippen LogP contribution in [-0.4, -0.2) is 52.4 Å². The van der Waals surface area contributed by atoms with Crippen molar-refractivity contribution in [1.82, 2.24) is 21.3 Å². The predicted molar refractivity (Wildman–Crippen MR) is 62.8 cm³/mol. The van der Waals surface area contributed by atoms with Gasteiger partial charge in [-0.15, -0.1) is 0 Å². The lowest BCUT2D eigenvalue weighted by atomic mass is 10.4. The van der Waals surface area contributed by atoms with Gasteiger partial charge in [0.25, 0.3) is 0 Å². The third-order valence-corrected chi connectivity index (χ3v) is 1.91. The summed E-state index contributed by atoms with van der Waals surface area (Å²) in [5.74, 6) is 0. The zero-order valence-electron chi connectivity index (χ0n) is 9.66. The highest BCUT2D eigenvalue weighted by Gasteiger charge is 1.92. The Hall–Kier alpha value is -0.160. The lowest BCUT2D eigenvalue weighted by molar-refractivity contribution is 0.534. The molecular formula is C10H26N4. The van der Waals surface area contributed by atoms with Gasteiger partial charge in [-0.1, -0.05) is 13.8 Å². The van der Waals surface area contributed by atoms with Gasteiger partial charge in [-0.3, -0.25) is 0 Å². The van der Waals surface area contributed by atoms with Crippen LogP contribution in [-0.2, 0) is 0 Å². The van der Waals surface area contributed by atoms with Gasteiger partial charge >= 0.3 is 0 Å². The molecule has 86 valence electrons. The van der Waals surface area contributed by atoms with Crippen LogP contribution in [0.4, 0.5) is 0 Å². The number of nitrogens with one attached hydrogen (secondary N) is 4. The molecule has 4 heteroatoms. The van der Waals surface area contributed by atoms with Crippen molar-refractivity contribution >= 4 is 0 Å². The quantitative estimate of drug-likeness (QED) is 0.423. The molecule has 0 bridgehead atoms. The fourth-order valence-corrected chi connectivity index (χ4v) is 1.21. The molecule has 0 amide bonds. The molecule has 0 aromatic carbocycles. The summed E-state index contributed by atoms with van der Waals surface area (Å²) in [5, 5.41) is 13.4. The zero-order chi connectivity index (χ0) is 10.5. The second-order valence-corrected chi connectivity index (χ2v) is 3.00. The highest BCUT2D eigenvalue weighted by Crippen LogP contribution is 1.65. The van der Waals surface area contributed by atoms with E-state index in [0.29, 0.717) is 0 Å². The van der Waals surface area contributed by atoms with Gasteiger partial charge in [-0.2, -0.15) is 0 Å². The molecule has 1 fully saturated rings. The minimum absolute atomic E-state index is 1.07. The number of rotatable bonds is 0. The van der Waals surface area contributed by atoms with Gasteiger partial charge in [0.1, 0.15) is 0 Å². The maximum atomic E-state index is 3.36. The van der Waals surface area contributed by atoms with E-state index in [9.17, 15) is 0 Å². The topological polar surface area (TPSA) is 48.1 Å². The molecule has 0 aliphatic carbocycles. The first kappa shape index (κ1) is 13.8. The van der Waals surface area contributed by atoms with Crippen LogP contribution in [0.5, 0.6) is 0 Å². The Morgan fingerprint density at radius 3 is 0.714 bits per heavy atom. The molecule has 0 aromatic rings. The Balaban J connectivity index is 0.000000791. The van der Waals surface area contributed by atoms with Gasteiger partial charge in [0.2, 0.25) is 0 Å². The third kappa shape index (κ3) is 9.92. The largest absolute Gasteiger partial charge is 0.314 e. The summed E-state index contributed by atoms with van der Waals surface area (Å²) in [6.45, 7) is 12.6. The molecule has 1 aliphatic heterocycles. The molecule has 0 atom stereocenters. The molecule has 0 unspecified atom stereocenters. The van der Waals surface area contributed by atoms with Crippen LogP contribution in [0.3, 0.4) is 0 Å². The molecule has 0 spiro atoms. The number of hydrogen-bond donors (Lipinski definition) is 4. The molecule has 4 nitrogen and oxygen atoms in total. The van der Waals surface area contributed by atoms with Gasteiger partial charge < -0.3 is 21.3 Å². The average molecular weight is 202 g/mol. The first-order valence-electron chi connectivity index (χ1n) is 5.83. The molecule has 0 aromatic heterocycles. The van der Waals surface area contributed by atoms with Crippen LogP contribution in [0.25, 0.3) is 0 Å². The summed E-state index contributed by atoms with van der Waals surface area (Å²) in [6, 6.07) is 0. The van der Waals surface area contributed by atoms with Crippen molar-refractivity contribution in [2.24, 2.45) is 0 Å². The summed E-state index contributed by atoms with van der Waals surface area (Å²) in [6.07, 6.45) is 0. The summed E-state index contributed by atoms with van der Waals surface area (Å²) in [4.78, 5) is 0. The zero-order valence-corrected chi connectivity index (χ0v) is 9.66. The van der Waals surface area contributed by atoms with E-state index in [1.54, 1.807) is 0 Å². The van der Waals surface area contributed by atoms with Crippen LogP contribution >= 0.6 is 0 Å². The Bertz CT molecular complexity index is 55.1. The van der Waals surface area contributed by atoms with Gasteiger partial charge in [0, 0.05) is 52.4 Å². The van der Waals surface area contributed by atoms with E-state index in [1.165, 1.54) is 0 Å². The maximum Gasteiger partial charge on any atom is 0.00772 e. The maximum absolute atomic E-state index is 3.36. The van der Waals surface area contributed by atoms with E-state index in [2.05, 4.69) is 21.3 Å². The van der Waals surface area contributed by atoms with Crippen molar-refractivity contribution in [3.8, 4) is 0 Å². The van der Waals surface area contributed by atoms with Gasteiger partial charge in [-0.05, 0) is 0 Å². The predicted octanol–water partition coefficient (Wildman–Crippen LogP) is -0.615. The molecule has 1 rings (SSSR count). The van der Waals surface area contributed by atoms with Crippen LogP contribution in [0.2, 0.25) is 0 Å². The van der Waals surface area contributed by atoms with Crippen molar-refractivity contribution < 1.29 is 0 Å². The second kappa shape index (κ2) is 12.8. The lowest BCUT2D eigenvalue weighted by Gasteiger charge is -2.11. The fraction of sp³-hybridized carbons (Fsp3) is 1.00. The third-order valence-electron chi connectivity index (χ3n) is 1.91. The van der Waals surface area contributed by atoms with E-state index < -0.39 is 0 Å². The minimum Gasteiger partial charge on any atom is -0.314 e. The summed E-state index contributed by atoms with van der Waals surface area (Å²) < 4.78 is 0. The smallest absolute Gasteiger partial charge is 0.00772 e. The van der Waals surface area contributed by atoms with E-state index in [0.717, 1.165) is 52.4 Å². The van der Waals surface area contributed by atoms with Crippen molar-refractivity contribution in [1.29, 1.82) is 0 Å². The van der Waals surface area contributed by atoms with E-state index in [1.807, 2.05) is 13.8 Å². The highest BCUT2D eigenvalue weighted by molar-refractivity contribution is 4.59. The Kier molecular flexibility index (Phi) is 12.7. The molecule has 0 radical (unpaired) electrons. The van der Waals surface area contributed by atoms with Crippen molar-refractivity contribution in [3.05, 3.63) is 0 Å². The van der Waals surface area contributed by atoms with Gasteiger partial charge in [0.05, 0.1) is 0 Å². The second-order valence-electron chi connectivity index (χ2n) is 3.00. The lowest BCUT2D eigenvalue weighted by Crippen LogP contribution is -2.39. The van der Waals surface area contributed by atoms with Crippen LogP contribution in [0, 0.1) is 0 Å². The van der Waals surface area contributed by atoms with Crippen LogP contribution in [0.1, 0.15) is 13.8 Å². The molecule has 1 saturated heterocycles. The van der Waals surface area contributed by atoms with E-state index >= 15 is 0 Å². The Morgan fingerprint density at radius 1 is 0.429 bits per heavy atom. The SMILES string of the molecule is C1CNCCNCCNCCN1.CC. The van der Waals surface area contributed by atoms with E-state index in [-0.39, 0.29) is 0 Å². The summed E-state index contributed by atoms with van der Waals surface area (Å²) in [5.41, 5.74) is 0. The normalized spacial score (nSPS) is 21.0.